The van der Waals surface area contributed by atoms with E-state index in [2.05, 4.69) is 10.3 Å². The molecule has 0 unspecified atom stereocenters. The van der Waals surface area contributed by atoms with E-state index in [-0.39, 0.29) is 49.4 Å². The lowest BCUT2D eigenvalue weighted by Gasteiger charge is -2.28. The van der Waals surface area contributed by atoms with E-state index < -0.39 is 36.5 Å². The van der Waals surface area contributed by atoms with Crippen LogP contribution in [-0.2, 0) is 20.7 Å². The summed E-state index contributed by atoms with van der Waals surface area (Å²) in [6.07, 6.45) is -0.309. The van der Waals surface area contributed by atoms with Gasteiger partial charge < -0.3 is 24.6 Å². The first-order chi connectivity index (χ1) is 18.2. The Bertz CT molecular complexity index is 1260. The quantitative estimate of drug-likeness (QED) is 0.315. The first-order valence-electron chi connectivity index (χ1n) is 11.7. The minimum atomic E-state index is -1.11. The average Bonchev–Trinajstić information content (AvgIpc) is 2.90. The van der Waals surface area contributed by atoms with Crippen molar-refractivity contribution in [3.8, 4) is 0 Å². The number of hydrogen-bond acceptors (Lipinski definition) is 7. The van der Waals surface area contributed by atoms with Gasteiger partial charge in [-0.2, -0.15) is 0 Å². The van der Waals surface area contributed by atoms with Crippen LogP contribution in [0.1, 0.15) is 12.0 Å². The number of carbonyl (C=O) groups is 2. The number of likely N-dealkylation sites (N-methyl/N-ethyl adjacent to an activating group) is 1. The van der Waals surface area contributed by atoms with Crippen LogP contribution in [0.15, 0.2) is 48.7 Å². The zero-order valence-corrected chi connectivity index (χ0v) is 21.3. The molecule has 204 valence electrons. The molecule has 12 heteroatoms. The molecule has 0 aliphatic carbocycles. The highest BCUT2D eigenvalue weighted by Crippen LogP contribution is 2.21. The van der Waals surface area contributed by atoms with E-state index in [1.54, 1.807) is 12.1 Å². The van der Waals surface area contributed by atoms with Gasteiger partial charge in [-0.25, -0.2) is 18.6 Å². The number of nitrogens with zero attached hydrogens (tertiary/aromatic N) is 2. The molecule has 38 heavy (non-hydrogen) atoms. The Morgan fingerprint density at radius 2 is 1.92 bits per heavy atom. The predicted octanol–water partition coefficient (Wildman–Crippen LogP) is 3.54. The van der Waals surface area contributed by atoms with Crippen LogP contribution < -0.4 is 5.32 Å². The third kappa shape index (κ3) is 8.32. The minimum absolute atomic E-state index is 0.000790. The average molecular weight is 552 g/mol. The number of halogens is 3. The first-order valence-corrected chi connectivity index (χ1v) is 12.1. The van der Waals surface area contributed by atoms with E-state index in [4.69, 9.17) is 26.2 Å². The summed E-state index contributed by atoms with van der Waals surface area (Å²) in [5.41, 5.74) is 0.477. The van der Waals surface area contributed by atoms with Crippen LogP contribution in [0.3, 0.4) is 0 Å². The van der Waals surface area contributed by atoms with E-state index in [0.717, 1.165) is 0 Å². The Morgan fingerprint density at radius 1 is 1.13 bits per heavy atom. The van der Waals surface area contributed by atoms with Gasteiger partial charge in [0.25, 0.3) is 0 Å². The second-order valence-corrected chi connectivity index (χ2v) is 8.91. The molecule has 3 N–H and O–H groups in total. The Labute approximate surface area is 222 Å². The van der Waals surface area contributed by atoms with Gasteiger partial charge in [-0.15, -0.1) is 0 Å². The maximum absolute atomic E-state index is 13.7. The van der Waals surface area contributed by atoms with Crippen LogP contribution in [0.2, 0.25) is 5.02 Å². The van der Waals surface area contributed by atoms with Gasteiger partial charge in [-0.3, -0.25) is 10.1 Å². The number of aliphatic hydroxyl groups excluding tert-OH is 2. The number of fused-ring (bicyclic) bond motifs is 1. The summed E-state index contributed by atoms with van der Waals surface area (Å²) in [5.74, 6) is -1.21. The summed E-state index contributed by atoms with van der Waals surface area (Å²) in [4.78, 5) is 30.7. The fraction of sp³-hybridized carbons (Fsp3) is 0.346. The van der Waals surface area contributed by atoms with E-state index in [0.29, 0.717) is 16.3 Å². The van der Waals surface area contributed by atoms with Gasteiger partial charge in [0.2, 0.25) is 5.91 Å². The first kappa shape index (κ1) is 29.2. The Kier molecular flexibility index (Phi) is 10.7. The zero-order chi connectivity index (χ0) is 27.7. The van der Waals surface area contributed by atoms with Gasteiger partial charge in [0, 0.05) is 25.1 Å². The number of ether oxygens (including phenoxy) is 2. The number of aryl methyl sites for hydroxylation is 1. The molecule has 2 aromatic carbocycles. The molecule has 0 radical (unpaired) electrons. The monoisotopic (exact) mass is 551 g/mol. The Morgan fingerprint density at radius 3 is 2.68 bits per heavy atom. The van der Waals surface area contributed by atoms with Crippen LogP contribution in [0.25, 0.3) is 10.8 Å². The lowest BCUT2D eigenvalue weighted by Crippen LogP contribution is -2.44. The number of aromatic nitrogens is 1. The van der Waals surface area contributed by atoms with Gasteiger partial charge in [0.1, 0.15) is 30.2 Å². The Hall–Kier alpha value is -3.38. The Balaban J connectivity index is 1.60. The molecule has 0 aliphatic rings. The summed E-state index contributed by atoms with van der Waals surface area (Å²) >= 11 is 5.97. The number of rotatable bonds is 12. The molecule has 3 aromatic rings. The van der Waals surface area contributed by atoms with Gasteiger partial charge in [-0.05, 0) is 47.7 Å². The molecule has 0 saturated carbocycles. The van der Waals surface area contributed by atoms with Crippen molar-refractivity contribution < 1.29 is 38.1 Å². The second-order valence-electron chi connectivity index (χ2n) is 8.53. The summed E-state index contributed by atoms with van der Waals surface area (Å²) in [7, 11) is 1.49. The molecule has 0 spiro atoms. The number of hydrogen-bond donors (Lipinski definition) is 3. The zero-order valence-electron chi connectivity index (χ0n) is 20.6. The van der Waals surface area contributed by atoms with E-state index in [9.17, 15) is 23.5 Å². The smallest absolute Gasteiger partial charge is 0.412 e. The number of benzene rings is 2. The number of amides is 2. The van der Waals surface area contributed by atoms with Crippen LogP contribution in [0.5, 0.6) is 0 Å². The fourth-order valence-corrected chi connectivity index (χ4v) is 3.74. The standard InChI is InChI=1S/C26H28ClF2N3O6/c1-32(24(35)8-6-16-3-2-4-22(29)25(16)27)20(13-37-15-21(34)12-33)14-38-26(36)31-23-10-18-9-19(28)7-5-17(18)11-30-23/h2-5,7,9-11,20-21,33-34H,6,8,12-15H2,1H3,(H,30,31,36)/t20-,21-/m0/s1. The molecular formula is C26H28ClF2N3O6. The van der Waals surface area contributed by atoms with Gasteiger partial charge in [0.15, 0.2) is 0 Å². The molecule has 2 amide bonds. The molecule has 1 aromatic heterocycles. The molecule has 0 bridgehead atoms. The SMILES string of the molecule is CN(C(=O)CCc1cccc(F)c1Cl)[C@@H](COC[C@@H](O)CO)COC(=O)Nc1cc2cc(F)ccc2cn1. The third-order valence-corrected chi connectivity index (χ3v) is 6.16. The normalized spacial score (nSPS) is 12.7. The number of carbonyl (C=O) groups excluding carboxylic acids is 2. The van der Waals surface area contributed by atoms with Gasteiger partial charge >= 0.3 is 6.09 Å². The molecule has 0 fully saturated rings. The van der Waals surface area contributed by atoms with Crippen LogP contribution in [0.4, 0.5) is 19.4 Å². The van der Waals surface area contributed by atoms with Crippen LogP contribution in [0, 0.1) is 11.6 Å². The lowest BCUT2D eigenvalue weighted by atomic mass is 10.1. The molecule has 9 nitrogen and oxygen atoms in total. The fourth-order valence-electron chi connectivity index (χ4n) is 3.52. The number of nitrogens with one attached hydrogen (secondary N) is 1. The number of anilines is 1. The predicted molar refractivity (Wildman–Crippen MR) is 137 cm³/mol. The molecular weight excluding hydrogens is 524 g/mol. The summed E-state index contributed by atoms with van der Waals surface area (Å²) < 4.78 is 37.9. The van der Waals surface area contributed by atoms with Crippen molar-refractivity contribution in [3.63, 3.8) is 0 Å². The number of aliphatic hydroxyl groups is 2. The maximum Gasteiger partial charge on any atom is 0.412 e. The molecule has 0 saturated heterocycles. The van der Waals surface area contributed by atoms with Crippen molar-refractivity contribution >= 4 is 40.2 Å². The number of pyridine rings is 1. The van der Waals surface area contributed by atoms with Crippen LogP contribution >= 0.6 is 11.6 Å². The minimum Gasteiger partial charge on any atom is -0.447 e. The van der Waals surface area contributed by atoms with Crippen molar-refractivity contribution in [2.75, 3.05) is 38.8 Å². The highest BCUT2D eigenvalue weighted by molar-refractivity contribution is 6.31. The van der Waals surface area contributed by atoms with Crippen LogP contribution in [-0.4, -0.2) is 77.7 Å². The molecule has 0 aliphatic heterocycles. The van der Waals surface area contributed by atoms with Crippen molar-refractivity contribution in [1.29, 1.82) is 0 Å². The van der Waals surface area contributed by atoms with E-state index in [1.807, 2.05) is 0 Å². The highest BCUT2D eigenvalue weighted by Gasteiger charge is 2.23. The van der Waals surface area contributed by atoms with Gasteiger partial charge in [-0.1, -0.05) is 23.7 Å². The molecule has 3 rings (SSSR count). The van der Waals surface area contributed by atoms with Gasteiger partial charge in [0.05, 0.1) is 30.9 Å². The summed E-state index contributed by atoms with van der Waals surface area (Å²) in [6.45, 7) is -1.08. The summed E-state index contributed by atoms with van der Waals surface area (Å²) in [5, 5.41) is 22.1. The maximum atomic E-state index is 13.7. The lowest BCUT2D eigenvalue weighted by molar-refractivity contribution is -0.134. The van der Waals surface area contributed by atoms with E-state index >= 15 is 0 Å². The largest absolute Gasteiger partial charge is 0.447 e. The molecule has 1 heterocycles. The third-order valence-electron chi connectivity index (χ3n) is 5.73. The van der Waals surface area contributed by atoms with E-state index in [1.165, 1.54) is 48.5 Å². The molecule has 2 atom stereocenters. The topological polar surface area (TPSA) is 121 Å². The highest BCUT2D eigenvalue weighted by atomic mass is 35.5. The van der Waals surface area contributed by atoms with Crippen molar-refractivity contribution in [3.05, 3.63) is 70.9 Å². The van der Waals surface area contributed by atoms with Crippen molar-refractivity contribution in [2.45, 2.75) is 25.0 Å². The van der Waals surface area contributed by atoms with Crippen molar-refractivity contribution in [2.24, 2.45) is 0 Å². The summed E-state index contributed by atoms with van der Waals surface area (Å²) in [6, 6.07) is 9.26. The second kappa shape index (κ2) is 14.0. The van der Waals surface area contributed by atoms with Crippen molar-refractivity contribution in [1.82, 2.24) is 9.88 Å².